The molecular weight excluding hydrogens is 306 g/mol. The molecular formula is C19H18ClN3. The average molecular weight is 324 g/mol. The fraction of sp³-hybridized carbons (Fsp3) is 0.211. The summed E-state index contributed by atoms with van der Waals surface area (Å²) in [5.41, 5.74) is 8.55. The summed E-state index contributed by atoms with van der Waals surface area (Å²) in [5.74, 6) is 0. The van der Waals surface area contributed by atoms with Gasteiger partial charge in [-0.3, -0.25) is 0 Å². The largest absolute Gasteiger partial charge is 0.398 e. The molecule has 2 aromatic carbocycles. The lowest BCUT2D eigenvalue weighted by Crippen LogP contribution is -2.36. The molecule has 0 radical (unpaired) electrons. The number of nitrogens with zero attached hydrogens (tertiary/aromatic N) is 2. The molecule has 0 aliphatic heterocycles. The van der Waals surface area contributed by atoms with Gasteiger partial charge in [0.05, 0.1) is 5.52 Å². The molecule has 3 aromatic rings. The molecule has 23 heavy (non-hydrogen) atoms. The monoisotopic (exact) mass is 323 g/mol. The number of nitrogen functional groups attached to an aromatic ring is 1. The van der Waals surface area contributed by atoms with Crippen LogP contribution in [-0.2, 0) is 5.54 Å². The average Bonchev–Trinajstić information content (AvgIpc) is 2.99. The number of anilines is 1. The minimum atomic E-state index is -0.429. The van der Waals surface area contributed by atoms with Crippen molar-refractivity contribution >= 4 is 28.2 Å². The maximum atomic E-state index is 7.47. The summed E-state index contributed by atoms with van der Waals surface area (Å²) in [5, 5.41) is 1.72. The molecule has 1 heterocycles. The Bertz CT molecular complexity index is 874. The third-order valence-corrected chi connectivity index (χ3v) is 4.79. The van der Waals surface area contributed by atoms with E-state index in [2.05, 4.69) is 22.4 Å². The van der Waals surface area contributed by atoms with Crippen molar-refractivity contribution in [3.63, 3.8) is 0 Å². The predicted octanol–water partition coefficient (Wildman–Crippen LogP) is 4.95. The Morgan fingerprint density at radius 1 is 1.17 bits per heavy atom. The smallest absolute Gasteiger partial charge is 0.242 e. The van der Waals surface area contributed by atoms with E-state index in [9.17, 15) is 0 Å². The van der Waals surface area contributed by atoms with Gasteiger partial charge in [0.25, 0.3) is 0 Å². The fourth-order valence-corrected chi connectivity index (χ4v) is 3.37. The van der Waals surface area contributed by atoms with Gasteiger partial charge < -0.3 is 15.1 Å². The molecule has 4 heteroatoms. The lowest BCUT2D eigenvalue weighted by molar-refractivity contribution is 0.382. The maximum absolute atomic E-state index is 7.47. The first-order chi connectivity index (χ1) is 11.1. The van der Waals surface area contributed by atoms with Crippen molar-refractivity contribution in [1.29, 1.82) is 0 Å². The van der Waals surface area contributed by atoms with Gasteiger partial charge in [-0.25, -0.2) is 6.57 Å². The summed E-state index contributed by atoms with van der Waals surface area (Å²) >= 11 is 6.04. The molecule has 0 saturated carbocycles. The number of fused-ring (bicyclic) bond motifs is 1. The molecule has 1 aromatic heterocycles. The van der Waals surface area contributed by atoms with Crippen LogP contribution in [0.3, 0.4) is 0 Å². The third-order valence-electron chi connectivity index (χ3n) is 4.53. The number of halogens is 1. The molecule has 0 fully saturated rings. The molecule has 0 aliphatic rings. The van der Waals surface area contributed by atoms with E-state index >= 15 is 0 Å². The van der Waals surface area contributed by atoms with Crippen LogP contribution in [0.1, 0.15) is 18.9 Å². The highest BCUT2D eigenvalue weighted by Crippen LogP contribution is 2.36. The van der Waals surface area contributed by atoms with Crippen molar-refractivity contribution in [3.05, 3.63) is 76.7 Å². The number of hydrogen-bond acceptors (Lipinski definition) is 1. The number of benzene rings is 2. The molecule has 0 bridgehead atoms. The zero-order valence-electron chi connectivity index (χ0n) is 13.0. The third kappa shape index (κ3) is 2.46. The van der Waals surface area contributed by atoms with Crippen LogP contribution in [0, 0.1) is 6.57 Å². The summed E-state index contributed by atoms with van der Waals surface area (Å²) < 4.78 is 2.18. The summed E-state index contributed by atoms with van der Waals surface area (Å²) in [6.45, 7) is 9.94. The Hall–Kier alpha value is -2.44. The highest BCUT2D eigenvalue weighted by molar-refractivity contribution is 6.30. The summed E-state index contributed by atoms with van der Waals surface area (Å²) in [7, 11) is 0. The van der Waals surface area contributed by atoms with E-state index in [0.717, 1.165) is 28.6 Å². The molecule has 3 nitrogen and oxygen atoms in total. The van der Waals surface area contributed by atoms with Crippen LogP contribution in [0.4, 0.5) is 5.69 Å². The molecule has 1 unspecified atom stereocenters. The minimum Gasteiger partial charge on any atom is -0.398 e. The molecule has 116 valence electrons. The number of rotatable bonds is 4. The van der Waals surface area contributed by atoms with Gasteiger partial charge in [-0.1, -0.05) is 36.7 Å². The normalized spacial score (nSPS) is 13.6. The quantitative estimate of drug-likeness (QED) is 0.535. The predicted molar refractivity (Wildman–Crippen MR) is 96.6 cm³/mol. The summed E-state index contributed by atoms with van der Waals surface area (Å²) in [6.07, 6.45) is 2.83. The summed E-state index contributed by atoms with van der Waals surface area (Å²) in [6, 6.07) is 15.7. The topological polar surface area (TPSA) is 35.3 Å². The van der Waals surface area contributed by atoms with E-state index in [1.165, 1.54) is 0 Å². The highest BCUT2D eigenvalue weighted by atomic mass is 35.5. The molecule has 0 saturated heterocycles. The van der Waals surface area contributed by atoms with Crippen LogP contribution in [-0.4, -0.2) is 11.1 Å². The molecule has 2 N–H and O–H groups in total. The van der Waals surface area contributed by atoms with Crippen LogP contribution < -0.4 is 5.73 Å². The Morgan fingerprint density at radius 2 is 1.91 bits per heavy atom. The van der Waals surface area contributed by atoms with Gasteiger partial charge in [0.1, 0.15) is 5.54 Å². The minimum absolute atomic E-state index is 0.365. The van der Waals surface area contributed by atoms with E-state index < -0.39 is 5.54 Å². The second-order valence-electron chi connectivity index (χ2n) is 5.67. The van der Waals surface area contributed by atoms with Gasteiger partial charge in [0.15, 0.2) is 0 Å². The van der Waals surface area contributed by atoms with Crippen molar-refractivity contribution < 1.29 is 0 Å². The zero-order chi connectivity index (χ0) is 16.4. The zero-order valence-corrected chi connectivity index (χ0v) is 13.7. The van der Waals surface area contributed by atoms with E-state index in [0.29, 0.717) is 11.6 Å². The van der Waals surface area contributed by atoms with Crippen molar-refractivity contribution in [3.8, 4) is 0 Å². The van der Waals surface area contributed by atoms with Crippen LogP contribution in [0.25, 0.3) is 15.7 Å². The lowest BCUT2D eigenvalue weighted by Gasteiger charge is -2.31. The molecule has 0 spiro atoms. The Kier molecular flexibility index (Phi) is 4.02. The highest BCUT2D eigenvalue weighted by Gasteiger charge is 2.36. The second kappa shape index (κ2) is 5.98. The van der Waals surface area contributed by atoms with Gasteiger partial charge in [0.2, 0.25) is 6.54 Å². The van der Waals surface area contributed by atoms with Crippen LogP contribution in [0.2, 0.25) is 5.02 Å². The van der Waals surface area contributed by atoms with Gasteiger partial charge in [-0.15, -0.1) is 0 Å². The Morgan fingerprint density at radius 3 is 2.57 bits per heavy atom. The van der Waals surface area contributed by atoms with E-state index in [1.54, 1.807) is 0 Å². The van der Waals surface area contributed by atoms with E-state index in [4.69, 9.17) is 23.9 Å². The lowest BCUT2D eigenvalue weighted by atomic mass is 9.86. The van der Waals surface area contributed by atoms with E-state index in [1.807, 2.05) is 48.7 Å². The first-order valence-corrected chi connectivity index (χ1v) is 7.95. The van der Waals surface area contributed by atoms with Crippen molar-refractivity contribution in [2.75, 3.05) is 12.3 Å². The van der Waals surface area contributed by atoms with E-state index in [-0.39, 0.29) is 0 Å². The summed E-state index contributed by atoms with van der Waals surface area (Å²) in [4.78, 5) is 3.73. The Labute approximate surface area is 141 Å². The van der Waals surface area contributed by atoms with Crippen LogP contribution in [0.5, 0.6) is 0 Å². The van der Waals surface area contributed by atoms with Crippen molar-refractivity contribution in [1.82, 2.24) is 4.57 Å². The van der Waals surface area contributed by atoms with Gasteiger partial charge in [-0.05, 0) is 42.3 Å². The van der Waals surface area contributed by atoms with Crippen LogP contribution >= 0.6 is 11.6 Å². The fourth-order valence-electron chi connectivity index (χ4n) is 3.25. The molecule has 0 amide bonds. The molecule has 0 aliphatic carbocycles. The SMILES string of the molecule is [C-]#[N+]CC(CC)(c1ccc(Cl)cc1)n1ccc2c(N)cccc21. The number of hydrogen-bond donors (Lipinski definition) is 1. The van der Waals surface area contributed by atoms with Crippen molar-refractivity contribution in [2.24, 2.45) is 0 Å². The second-order valence-corrected chi connectivity index (χ2v) is 6.11. The van der Waals surface area contributed by atoms with Gasteiger partial charge in [-0.2, -0.15) is 0 Å². The first kappa shape index (κ1) is 15.5. The first-order valence-electron chi connectivity index (χ1n) is 7.57. The Balaban J connectivity index is 2.28. The standard InChI is InChI=1S/C19H18ClN3/c1-3-19(13-22-2,14-7-9-15(20)10-8-14)23-12-11-16-17(21)5-4-6-18(16)23/h4-12H,3,13,21H2,1H3. The maximum Gasteiger partial charge on any atom is 0.242 e. The number of nitrogens with two attached hydrogens (primary N) is 1. The van der Waals surface area contributed by atoms with Gasteiger partial charge in [0, 0.05) is 22.3 Å². The van der Waals surface area contributed by atoms with Crippen LogP contribution in [0.15, 0.2) is 54.7 Å². The van der Waals surface area contributed by atoms with Crippen molar-refractivity contribution in [2.45, 2.75) is 18.9 Å². The molecule has 1 atom stereocenters. The number of aromatic nitrogens is 1. The van der Waals surface area contributed by atoms with Gasteiger partial charge >= 0.3 is 0 Å². The molecule has 3 rings (SSSR count).